The third-order valence-electron chi connectivity index (χ3n) is 4.36. The molecule has 2 aromatic carbocycles. The van der Waals surface area contributed by atoms with Crippen LogP contribution in [0.2, 0.25) is 0 Å². The first-order chi connectivity index (χ1) is 13.2. The van der Waals surface area contributed by atoms with Crippen LogP contribution in [-0.4, -0.2) is 20.4 Å². The highest BCUT2D eigenvalue weighted by molar-refractivity contribution is 5.95. The van der Waals surface area contributed by atoms with E-state index in [0.717, 1.165) is 5.56 Å². The summed E-state index contributed by atoms with van der Waals surface area (Å²) in [4.78, 5) is 21.0. The molecule has 0 saturated carbocycles. The Balaban J connectivity index is 1.62. The van der Waals surface area contributed by atoms with Gasteiger partial charge in [0.05, 0.1) is 12.4 Å². The maximum absolute atomic E-state index is 14.0. The molecule has 0 fully saturated rings. The Hall–Kier alpha value is -3.54. The van der Waals surface area contributed by atoms with Crippen LogP contribution in [0.25, 0.3) is 10.9 Å². The van der Waals surface area contributed by atoms with E-state index in [9.17, 15) is 9.18 Å². The van der Waals surface area contributed by atoms with Gasteiger partial charge in [-0.3, -0.25) is 4.79 Å². The number of carbonyl (C=O) groups is 1. The van der Waals surface area contributed by atoms with Crippen LogP contribution in [0.15, 0.2) is 79.4 Å². The molecule has 0 saturated heterocycles. The van der Waals surface area contributed by atoms with Gasteiger partial charge in [0.1, 0.15) is 17.0 Å². The van der Waals surface area contributed by atoms with E-state index in [1.165, 1.54) is 6.07 Å². The van der Waals surface area contributed by atoms with Gasteiger partial charge >= 0.3 is 0 Å². The van der Waals surface area contributed by atoms with E-state index in [2.05, 4.69) is 15.3 Å². The first-order valence-corrected chi connectivity index (χ1v) is 8.57. The Bertz CT molecular complexity index is 1060. The lowest BCUT2D eigenvalue weighted by Crippen LogP contribution is -2.31. The third kappa shape index (κ3) is 3.69. The van der Waals surface area contributed by atoms with Gasteiger partial charge in [-0.15, -0.1) is 0 Å². The zero-order valence-electron chi connectivity index (χ0n) is 14.4. The van der Waals surface area contributed by atoms with Crippen molar-refractivity contribution in [3.63, 3.8) is 0 Å². The summed E-state index contributed by atoms with van der Waals surface area (Å²) in [5.74, 6) is -0.797. The van der Waals surface area contributed by atoms with Crippen molar-refractivity contribution in [1.82, 2.24) is 19.9 Å². The largest absolute Gasteiger partial charge is 0.342 e. The van der Waals surface area contributed by atoms with Gasteiger partial charge in [0, 0.05) is 24.3 Å². The number of imidazole rings is 1. The predicted molar refractivity (Wildman–Crippen MR) is 101 cm³/mol. The number of fused-ring (bicyclic) bond motifs is 1. The second kappa shape index (κ2) is 7.37. The van der Waals surface area contributed by atoms with Gasteiger partial charge in [0.25, 0.3) is 5.91 Å². The molecule has 1 unspecified atom stereocenters. The summed E-state index contributed by atoms with van der Waals surface area (Å²) in [6.07, 6.45) is 5.23. The molecule has 2 heterocycles. The number of aromatic nitrogens is 3. The van der Waals surface area contributed by atoms with Crippen LogP contribution in [0.5, 0.6) is 0 Å². The average molecular weight is 360 g/mol. The number of nitrogens with zero attached hydrogens (tertiary/aromatic N) is 3. The van der Waals surface area contributed by atoms with E-state index in [-0.39, 0.29) is 23.2 Å². The minimum absolute atomic E-state index is 0.180. The highest BCUT2D eigenvalue weighted by Crippen LogP contribution is 2.18. The highest BCUT2D eigenvalue weighted by atomic mass is 19.1. The normalized spacial score (nSPS) is 12.0. The van der Waals surface area contributed by atoms with E-state index < -0.39 is 5.82 Å². The SMILES string of the molecule is O=C(NC(Cn1ccnc1)c1ccccc1)c1ccc2cccc(F)c2n1. The van der Waals surface area contributed by atoms with E-state index in [1.54, 1.807) is 36.8 Å². The molecule has 4 rings (SSSR count). The van der Waals surface area contributed by atoms with Crippen molar-refractivity contribution >= 4 is 16.8 Å². The molecule has 0 aliphatic rings. The molecular formula is C21H17FN4O. The molecule has 6 heteroatoms. The summed E-state index contributed by atoms with van der Waals surface area (Å²) >= 11 is 0. The highest BCUT2D eigenvalue weighted by Gasteiger charge is 2.18. The van der Waals surface area contributed by atoms with Crippen LogP contribution in [0.4, 0.5) is 4.39 Å². The first-order valence-electron chi connectivity index (χ1n) is 8.57. The van der Waals surface area contributed by atoms with E-state index in [4.69, 9.17) is 0 Å². The number of amides is 1. The minimum atomic E-state index is -0.444. The summed E-state index contributed by atoms with van der Waals surface area (Å²) < 4.78 is 15.9. The standard InChI is InChI=1S/C21H17FN4O/c22-17-8-4-7-16-9-10-18(24-20(16)17)21(27)25-19(13-26-12-11-23-14-26)15-5-2-1-3-6-15/h1-12,14,19H,13H2,(H,25,27). The molecule has 0 aliphatic heterocycles. The summed E-state index contributed by atoms with van der Waals surface area (Å²) in [7, 11) is 0. The van der Waals surface area contributed by atoms with Gasteiger partial charge < -0.3 is 9.88 Å². The van der Waals surface area contributed by atoms with Crippen molar-refractivity contribution in [2.45, 2.75) is 12.6 Å². The summed E-state index contributed by atoms with van der Waals surface area (Å²) in [6, 6.07) is 17.4. The fourth-order valence-corrected chi connectivity index (χ4v) is 2.99. The summed E-state index contributed by atoms with van der Waals surface area (Å²) in [5, 5.41) is 3.66. The Morgan fingerprint density at radius 3 is 2.70 bits per heavy atom. The van der Waals surface area contributed by atoms with Crippen molar-refractivity contribution in [3.8, 4) is 0 Å². The number of carbonyl (C=O) groups excluding carboxylic acids is 1. The monoisotopic (exact) mass is 360 g/mol. The van der Waals surface area contributed by atoms with Crippen molar-refractivity contribution < 1.29 is 9.18 Å². The molecule has 4 aromatic rings. The van der Waals surface area contributed by atoms with Gasteiger partial charge in [-0.2, -0.15) is 0 Å². The molecular weight excluding hydrogens is 343 g/mol. The predicted octanol–water partition coefficient (Wildman–Crippen LogP) is 3.74. The lowest BCUT2D eigenvalue weighted by atomic mass is 10.1. The number of halogens is 1. The summed E-state index contributed by atoms with van der Waals surface area (Å²) in [6.45, 7) is 0.525. The van der Waals surface area contributed by atoms with Crippen LogP contribution in [-0.2, 0) is 6.54 Å². The van der Waals surface area contributed by atoms with Gasteiger partial charge in [-0.1, -0.05) is 48.5 Å². The average Bonchev–Trinajstić information content (AvgIpc) is 3.21. The van der Waals surface area contributed by atoms with E-state index in [1.807, 2.05) is 41.1 Å². The molecule has 0 aliphatic carbocycles. The number of nitrogens with one attached hydrogen (secondary N) is 1. The topological polar surface area (TPSA) is 59.8 Å². The quantitative estimate of drug-likeness (QED) is 0.590. The molecule has 1 N–H and O–H groups in total. The zero-order chi connectivity index (χ0) is 18.6. The van der Waals surface area contributed by atoms with Crippen molar-refractivity contribution in [3.05, 3.63) is 96.5 Å². The maximum Gasteiger partial charge on any atom is 0.270 e. The van der Waals surface area contributed by atoms with Crippen molar-refractivity contribution in [2.75, 3.05) is 0 Å². The molecule has 1 amide bonds. The molecule has 0 bridgehead atoms. The molecule has 0 spiro atoms. The van der Waals surface area contributed by atoms with Gasteiger partial charge in [0.15, 0.2) is 0 Å². The van der Waals surface area contributed by atoms with Crippen LogP contribution in [0.1, 0.15) is 22.1 Å². The number of pyridine rings is 1. The lowest BCUT2D eigenvalue weighted by molar-refractivity contribution is 0.0928. The fraction of sp³-hybridized carbons (Fsp3) is 0.0952. The molecule has 1 atom stereocenters. The Morgan fingerprint density at radius 2 is 1.93 bits per heavy atom. The number of hydrogen-bond donors (Lipinski definition) is 1. The van der Waals surface area contributed by atoms with E-state index in [0.29, 0.717) is 11.9 Å². The Labute approximate surface area is 155 Å². The second-order valence-electron chi connectivity index (χ2n) is 6.20. The first kappa shape index (κ1) is 16.9. The van der Waals surface area contributed by atoms with Gasteiger partial charge in [-0.25, -0.2) is 14.4 Å². The number of benzene rings is 2. The van der Waals surface area contributed by atoms with Crippen LogP contribution in [0.3, 0.4) is 0 Å². The Morgan fingerprint density at radius 1 is 1.07 bits per heavy atom. The molecule has 27 heavy (non-hydrogen) atoms. The van der Waals surface area contributed by atoms with Crippen LogP contribution < -0.4 is 5.32 Å². The van der Waals surface area contributed by atoms with Gasteiger partial charge in [-0.05, 0) is 17.7 Å². The Kier molecular flexibility index (Phi) is 4.61. The second-order valence-corrected chi connectivity index (χ2v) is 6.20. The zero-order valence-corrected chi connectivity index (χ0v) is 14.4. The lowest BCUT2D eigenvalue weighted by Gasteiger charge is -2.19. The molecule has 5 nitrogen and oxygen atoms in total. The maximum atomic E-state index is 14.0. The molecule has 2 aromatic heterocycles. The minimum Gasteiger partial charge on any atom is -0.342 e. The van der Waals surface area contributed by atoms with Crippen molar-refractivity contribution in [1.29, 1.82) is 0 Å². The smallest absolute Gasteiger partial charge is 0.270 e. The molecule has 134 valence electrons. The number of rotatable bonds is 5. The third-order valence-corrected chi connectivity index (χ3v) is 4.36. The molecule has 0 radical (unpaired) electrons. The number of hydrogen-bond acceptors (Lipinski definition) is 3. The summed E-state index contributed by atoms with van der Waals surface area (Å²) in [5.41, 5.74) is 1.33. The number of para-hydroxylation sites is 1. The van der Waals surface area contributed by atoms with Crippen molar-refractivity contribution in [2.24, 2.45) is 0 Å². The van der Waals surface area contributed by atoms with Crippen LogP contribution >= 0.6 is 0 Å². The fourth-order valence-electron chi connectivity index (χ4n) is 2.99. The van der Waals surface area contributed by atoms with E-state index >= 15 is 0 Å². The van der Waals surface area contributed by atoms with Crippen LogP contribution in [0, 0.1) is 5.82 Å². The van der Waals surface area contributed by atoms with Gasteiger partial charge in [0.2, 0.25) is 0 Å².